The van der Waals surface area contributed by atoms with Crippen molar-refractivity contribution in [1.29, 1.82) is 0 Å². The summed E-state index contributed by atoms with van der Waals surface area (Å²) in [7, 11) is 0. The van der Waals surface area contributed by atoms with Crippen LogP contribution in [0.5, 0.6) is 5.75 Å². The topological polar surface area (TPSA) is 98.9 Å². The van der Waals surface area contributed by atoms with Crippen LogP contribution in [-0.2, 0) is 9.53 Å². The Bertz CT molecular complexity index is 430. The summed E-state index contributed by atoms with van der Waals surface area (Å²) in [6.07, 6.45) is 0. The Kier molecular flexibility index (Phi) is 4.33. The molecule has 0 saturated heterocycles. The van der Waals surface area contributed by atoms with Gasteiger partial charge in [0.15, 0.2) is 6.61 Å². The lowest BCUT2D eigenvalue weighted by Crippen LogP contribution is -2.15. The Balaban J connectivity index is 2.69. The van der Waals surface area contributed by atoms with E-state index in [4.69, 9.17) is 15.6 Å². The van der Waals surface area contributed by atoms with Gasteiger partial charge in [0, 0.05) is 5.69 Å². The molecular formula is C11H13NO5. The Morgan fingerprint density at radius 3 is 2.71 bits per heavy atom. The highest BCUT2D eigenvalue weighted by Gasteiger charge is 2.10. The molecule has 1 rings (SSSR count). The van der Waals surface area contributed by atoms with Gasteiger partial charge in [-0.2, -0.15) is 0 Å². The van der Waals surface area contributed by atoms with Gasteiger partial charge < -0.3 is 20.3 Å². The summed E-state index contributed by atoms with van der Waals surface area (Å²) in [5.74, 6) is -1.41. The van der Waals surface area contributed by atoms with Crippen molar-refractivity contribution in [3.05, 3.63) is 23.8 Å². The van der Waals surface area contributed by atoms with E-state index in [1.807, 2.05) is 0 Å². The number of hydrogen-bond acceptors (Lipinski definition) is 5. The third-order valence-electron chi connectivity index (χ3n) is 1.92. The number of carbonyl (C=O) groups is 2. The summed E-state index contributed by atoms with van der Waals surface area (Å²) < 4.78 is 9.73. The number of benzene rings is 1. The van der Waals surface area contributed by atoms with Crippen LogP contribution in [0.3, 0.4) is 0 Å². The van der Waals surface area contributed by atoms with Gasteiger partial charge in [-0.3, -0.25) is 0 Å². The van der Waals surface area contributed by atoms with Gasteiger partial charge in [-0.15, -0.1) is 0 Å². The minimum Gasteiger partial charge on any atom is -0.482 e. The highest BCUT2D eigenvalue weighted by atomic mass is 16.6. The molecule has 92 valence electrons. The van der Waals surface area contributed by atoms with Gasteiger partial charge in [0.2, 0.25) is 0 Å². The van der Waals surface area contributed by atoms with Crippen LogP contribution >= 0.6 is 0 Å². The number of carboxylic acids is 1. The van der Waals surface area contributed by atoms with Crippen molar-refractivity contribution < 1.29 is 24.2 Å². The molecule has 0 aliphatic carbocycles. The zero-order valence-electron chi connectivity index (χ0n) is 9.30. The summed E-state index contributed by atoms with van der Waals surface area (Å²) in [5, 5.41) is 8.82. The van der Waals surface area contributed by atoms with E-state index < -0.39 is 11.9 Å². The fourth-order valence-electron chi connectivity index (χ4n) is 1.16. The summed E-state index contributed by atoms with van der Waals surface area (Å²) in [4.78, 5) is 21.8. The fourth-order valence-corrected chi connectivity index (χ4v) is 1.16. The molecule has 17 heavy (non-hydrogen) atoms. The highest BCUT2D eigenvalue weighted by Crippen LogP contribution is 2.19. The molecule has 0 amide bonds. The quantitative estimate of drug-likeness (QED) is 0.585. The summed E-state index contributed by atoms with van der Waals surface area (Å²) >= 11 is 0. The monoisotopic (exact) mass is 239 g/mol. The molecule has 0 bridgehead atoms. The van der Waals surface area contributed by atoms with Crippen LogP contribution in [0.4, 0.5) is 5.69 Å². The van der Waals surface area contributed by atoms with Gasteiger partial charge in [-0.25, -0.2) is 9.59 Å². The van der Waals surface area contributed by atoms with Gasteiger partial charge in [-0.1, -0.05) is 0 Å². The number of carboxylic acid groups (broad SMARTS) is 1. The van der Waals surface area contributed by atoms with E-state index in [0.717, 1.165) is 0 Å². The fraction of sp³-hybridized carbons (Fsp3) is 0.273. The van der Waals surface area contributed by atoms with Crippen LogP contribution < -0.4 is 10.5 Å². The van der Waals surface area contributed by atoms with E-state index in [-0.39, 0.29) is 30.2 Å². The minimum absolute atomic E-state index is 0.0636. The maximum Gasteiger partial charge on any atom is 0.344 e. The third-order valence-corrected chi connectivity index (χ3v) is 1.92. The number of aromatic carboxylic acids is 1. The van der Waals surface area contributed by atoms with Crippen molar-refractivity contribution in [3.8, 4) is 5.75 Å². The van der Waals surface area contributed by atoms with E-state index in [9.17, 15) is 9.59 Å². The second kappa shape index (κ2) is 5.74. The predicted octanol–water partition coefficient (Wildman–Crippen LogP) is 0.909. The molecule has 1 aromatic rings. The molecule has 6 heteroatoms. The number of esters is 1. The number of carbonyl (C=O) groups excluding carboxylic acids is 1. The number of anilines is 1. The molecule has 3 N–H and O–H groups in total. The summed E-state index contributed by atoms with van der Waals surface area (Å²) in [6.45, 7) is 1.69. The highest BCUT2D eigenvalue weighted by molar-refractivity contribution is 5.94. The van der Waals surface area contributed by atoms with E-state index in [1.165, 1.54) is 18.2 Å². The average Bonchev–Trinajstić information content (AvgIpc) is 2.28. The molecule has 0 aliphatic heterocycles. The van der Waals surface area contributed by atoms with Crippen LogP contribution in [0.15, 0.2) is 18.2 Å². The molecule has 0 aromatic heterocycles. The van der Waals surface area contributed by atoms with Crippen LogP contribution in [0, 0.1) is 0 Å². The average molecular weight is 239 g/mol. The number of hydrogen-bond donors (Lipinski definition) is 2. The molecule has 1 aromatic carbocycles. The van der Waals surface area contributed by atoms with Gasteiger partial charge in [0.05, 0.1) is 12.2 Å². The smallest absolute Gasteiger partial charge is 0.344 e. The molecule has 0 aliphatic rings. The van der Waals surface area contributed by atoms with Crippen molar-refractivity contribution in [1.82, 2.24) is 0 Å². The van der Waals surface area contributed by atoms with Crippen LogP contribution in [0.25, 0.3) is 0 Å². The maximum atomic E-state index is 11.0. The molecule has 0 atom stereocenters. The van der Waals surface area contributed by atoms with Crippen molar-refractivity contribution in [2.24, 2.45) is 0 Å². The van der Waals surface area contributed by atoms with Crippen LogP contribution in [0.1, 0.15) is 17.3 Å². The number of nitrogens with two attached hydrogens (primary N) is 1. The van der Waals surface area contributed by atoms with Gasteiger partial charge in [0.1, 0.15) is 5.75 Å². The molecular weight excluding hydrogens is 226 g/mol. The first-order valence-electron chi connectivity index (χ1n) is 4.95. The van der Waals surface area contributed by atoms with Crippen molar-refractivity contribution in [3.63, 3.8) is 0 Å². The number of rotatable bonds is 5. The molecule has 0 heterocycles. The first kappa shape index (κ1) is 12.8. The SMILES string of the molecule is CCOC(=O)COc1ccc(N)c(C(=O)O)c1. The first-order chi connectivity index (χ1) is 8.04. The second-order valence-electron chi connectivity index (χ2n) is 3.15. The standard InChI is InChI=1S/C11H13NO5/c1-2-16-10(13)6-17-7-3-4-9(12)8(5-7)11(14)15/h3-5H,2,6,12H2,1H3,(H,14,15). The second-order valence-corrected chi connectivity index (χ2v) is 3.15. The van der Waals surface area contributed by atoms with Crippen LogP contribution in [-0.4, -0.2) is 30.3 Å². The zero-order chi connectivity index (χ0) is 12.8. The van der Waals surface area contributed by atoms with Gasteiger partial charge in [-0.05, 0) is 25.1 Å². The lowest BCUT2D eigenvalue weighted by Gasteiger charge is -2.07. The Labute approximate surface area is 97.9 Å². The summed E-state index contributed by atoms with van der Waals surface area (Å²) in [5.41, 5.74) is 5.54. The molecule has 0 radical (unpaired) electrons. The third kappa shape index (κ3) is 3.67. The lowest BCUT2D eigenvalue weighted by atomic mass is 10.2. The van der Waals surface area contributed by atoms with Gasteiger partial charge >= 0.3 is 11.9 Å². The number of ether oxygens (including phenoxy) is 2. The minimum atomic E-state index is -1.15. The molecule has 0 spiro atoms. The van der Waals surface area contributed by atoms with E-state index in [1.54, 1.807) is 6.92 Å². The van der Waals surface area contributed by atoms with Crippen molar-refractivity contribution in [2.75, 3.05) is 18.9 Å². The maximum absolute atomic E-state index is 11.0. The van der Waals surface area contributed by atoms with E-state index in [0.29, 0.717) is 0 Å². The summed E-state index contributed by atoms with van der Waals surface area (Å²) in [6, 6.07) is 4.15. The Hall–Kier alpha value is -2.24. The first-order valence-corrected chi connectivity index (χ1v) is 4.95. The van der Waals surface area contributed by atoms with Gasteiger partial charge in [0.25, 0.3) is 0 Å². The lowest BCUT2D eigenvalue weighted by molar-refractivity contribution is -0.145. The molecule has 0 saturated carbocycles. The van der Waals surface area contributed by atoms with Crippen molar-refractivity contribution >= 4 is 17.6 Å². The zero-order valence-corrected chi connectivity index (χ0v) is 9.30. The largest absolute Gasteiger partial charge is 0.482 e. The number of nitrogen functional groups attached to an aromatic ring is 1. The molecule has 6 nitrogen and oxygen atoms in total. The normalized spacial score (nSPS) is 9.71. The molecule has 0 fully saturated rings. The molecule has 0 unspecified atom stereocenters. The predicted molar refractivity (Wildman–Crippen MR) is 59.9 cm³/mol. The van der Waals surface area contributed by atoms with Crippen LogP contribution in [0.2, 0.25) is 0 Å². The Morgan fingerprint density at radius 2 is 2.12 bits per heavy atom. The van der Waals surface area contributed by atoms with E-state index >= 15 is 0 Å². The van der Waals surface area contributed by atoms with Crippen molar-refractivity contribution in [2.45, 2.75) is 6.92 Å². The Morgan fingerprint density at radius 1 is 1.41 bits per heavy atom. The van der Waals surface area contributed by atoms with E-state index in [2.05, 4.69) is 4.74 Å².